The molecule has 0 unspecified atom stereocenters. The van der Waals surface area contributed by atoms with Crippen molar-refractivity contribution < 1.29 is 23.1 Å². The third kappa shape index (κ3) is 4.12. The maximum absolute atomic E-state index is 12.2. The van der Waals surface area contributed by atoms with Gasteiger partial charge < -0.3 is 14.5 Å². The highest BCUT2D eigenvalue weighted by atomic mass is 19.3. The van der Waals surface area contributed by atoms with Crippen molar-refractivity contribution in [2.45, 2.75) is 32.8 Å². The Hall–Kier alpha value is -1.40. The summed E-state index contributed by atoms with van der Waals surface area (Å²) >= 11 is 0. The van der Waals surface area contributed by atoms with E-state index >= 15 is 0 Å². The number of hydrogen-bond acceptors (Lipinski definition) is 3. The van der Waals surface area contributed by atoms with Crippen molar-refractivity contribution in [2.75, 3.05) is 26.2 Å². The van der Waals surface area contributed by atoms with Crippen molar-refractivity contribution in [1.82, 2.24) is 9.80 Å². The smallest absolute Gasteiger partial charge is 0.410 e. The van der Waals surface area contributed by atoms with Gasteiger partial charge in [-0.25, -0.2) is 4.79 Å². The van der Waals surface area contributed by atoms with E-state index in [0.717, 1.165) is 4.90 Å². The Bertz CT molecular complexity index is 321. The van der Waals surface area contributed by atoms with E-state index in [0.29, 0.717) is 0 Å². The number of hydrogen-bond donors (Lipinski definition) is 0. The summed E-state index contributed by atoms with van der Waals surface area (Å²) < 4.78 is 29.5. The average Bonchev–Trinajstić information content (AvgIpc) is 2.26. The van der Waals surface area contributed by atoms with Gasteiger partial charge in [-0.05, 0) is 20.8 Å². The second kappa shape index (κ2) is 5.49. The first kappa shape index (κ1) is 14.7. The molecule has 0 saturated carbocycles. The van der Waals surface area contributed by atoms with Crippen LogP contribution in [-0.2, 0) is 9.53 Å². The Morgan fingerprint density at radius 3 is 1.89 bits per heavy atom. The van der Waals surface area contributed by atoms with Gasteiger partial charge in [0.05, 0.1) is 0 Å². The van der Waals surface area contributed by atoms with Crippen LogP contribution in [0.3, 0.4) is 0 Å². The lowest BCUT2D eigenvalue weighted by Gasteiger charge is -2.35. The molecule has 1 rings (SSSR count). The van der Waals surface area contributed by atoms with Gasteiger partial charge in [-0.3, -0.25) is 4.79 Å². The molecular formula is C11H18F2N2O3. The molecule has 1 aliphatic heterocycles. The first-order chi connectivity index (χ1) is 8.20. The minimum Gasteiger partial charge on any atom is -0.444 e. The maximum atomic E-state index is 12.2. The van der Waals surface area contributed by atoms with Crippen molar-refractivity contribution in [1.29, 1.82) is 0 Å². The molecule has 7 heteroatoms. The molecule has 0 aliphatic carbocycles. The number of amides is 2. The number of ether oxygens (including phenoxy) is 1. The summed E-state index contributed by atoms with van der Waals surface area (Å²) in [5.41, 5.74) is -0.590. The molecule has 1 fully saturated rings. The van der Waals surface area contributed by atoms with Crippen LogP contribution in [0.25, 0.3) is 0 Å². The fourth-order valence-corrected chi connectivity index (χ4v) is 1.57. The van der Waals surface area contributed by atoms with Crippen molar-refractivity contribution in [2.24, 2.45) is 0 Å². The molecule has 0 aromatic carbocycles. The van der Waals surface area contributed by atoms with Crippen LogP contribution < -0.4 is 0 Å². The number of halogens is 2. The van der Waals surface area contributed by atoms with Gasteiger partial charge in [0.15, 0.2) is 0 Å². The standard InChI is InChI=1S/C11H18F2N2O3/c1-11(2,3)18-10(17)15-6-4-14(5-7-15)9(16)8(12)13/h8H,4-7H2,1-3H3. The quantitative estimate of drug-likeness (QED) is 0.718. The van der Waals surface area contributed by atoms with Crippen LogP contribution in [0.1, 0.15) is 20.8 Å². The topological polar surface area (TPSA) is 49.9 Å². The zero-order valence-corrected chi connectivity index (χ0v) is 10.8. The summed E-state index contributed by atoms with van der Waals surface area (Å²) in [4.78, 5) is 25.2. The van der Waals surface area contributed by atoms with Gasteiger partial charge in [-0.1, -0.05) is 0 Å². The summed E-state index contributed by atoms with van der Waals surface area (Å²) in [5.74, 6) is -1.18. The van der Waals surface area contributed by atoms with E-state index in [4.69, 9.17) is 4.74 Å². The van der Waals surface area contributed by atoms with Gasteiger partial charge in [-0.15, -0.1) is 0 Å². The van der Waals surface area contributed by atoms with E-state index in [1.807, 2.05) is 0 Å². The second-order valence-corrected chi connectivity index (χ2v) is 5.09. The molecule has 0 atom stereocenters. The average molecular weight is 264 g/mol. The lowest BCUT2D eigenvalue weighted by Crippen LogP contribution is -2.52. The predicted octanol–water partition coefficient (Wildman–Crippen LogP) is 1.33. The lowest BCUT2D eigenvalue weighted by molar-refractivity contribution is -0.144. The molecule has 0 aromatic heterocycles. The van der Waals surface area contributed by atoms with Crippen molar-refractivity contribution in [3.05, 3.63) is 0 Å². The van der Waals surface area contributed by atoms with Gasteiger partial charge in [0, 0.05) is 26.2 Å². The van der Waals surface area contributed by atoms with E-state index in [9.17, 15) is 18.4 Å². The summed E-state index contributed by atoms with van der Waals surface area (Å²) in [5, 5.41) is 0. The molecule has 18 heavy (non-hydrogen) atoms. The van der Waals surface area contributed by atoms with Gasteiger partial charge in [0.25, 0.3) is 5.91 Å². The van der Waals surface area contributed by atoms with Crippen LogP contribution in [-0.4, -0.2) is 60.0 Å². The highest BCUT2D eigenvalue weighted by Crippen LogP contribution is 2.12. The van der Waals surface area contributed by atoms with Crippen molar-refractivity contribution in [3.8, 4) is 0 Å². The van der Waals surface area contributed by atoms with Crippen molar-refractivity contribution >= 4 is 12.0 Å². The predicted molar refractivity (Wildman–Crippen MR) is 60.4 cm³/mol. The van der Waals surface area contributed by atoms with E-state index < -0.39 is 24.0 Å². The monoisotopic (exact) mass is 264 g/mol. The third-order valence-electron chi connectivity index (χ3n) is 2.43. The van der Waals surface area contributed by atoms with Crippen molar-refractivity contribution in [3.63, 3.8) is 0 Å². The zero-order chi connectivity index (χ0) is 13.9. The Labute approximate surface area is 105 Å². The van der Waals surface area contributed by atoms with E-state index in [-0.39, 0.29) is 26.2 Å². The lowest BCUT2D eigenvalue weighted by atomic mass is 10.2. The first-order valence-electron chi connectivity index (χ1n) is 5.75. The molecule has 0 spiro atoms. The van der Waals surface area contributed by atoms with Gasteiger partial charge in [-0.2, -0.15) is 8.78 Å². The molecule has 0 bridgehead atoms. The summed E-state index contributed by atoms with van der Waals surface area (Å²) in [6.45, 7) is 5.91. The molecule has 104 valence electrons. The SMILES string of the molecule is CC(C)(C)OC(=O)N1CCN(C(=O)C(F)F)CC1. The van der Waals surface area contributed by atoms with Crippen LogP contribution in [0.5, 0.6) is 0 Å². The van der Waals surface area contributed by atoms with Crippen LogP contribution in [0.4, 0.5) is 13.6 Å². The Balaban J connectivity index is 2.44. The Morgan fingerprint density at radius 2 is 1.50 bits per heavy atom. The summed E-state index contributed by atoms with van der Waals surface area (Å²) in [7, 11) is 0. The molecule has 1 aliphatic rings. The number of alkyl halides is 2. The van der Waals surface area contributed by atoms with E-state index in [2.05, 4.69) is 0 Å². The minimum atomic E-state index is -2.99. The fraction of sp³-hybridized carbons (Fsp3) is 0.818. The van der Waals surface area contributed by atoms with Crippen LogP contribution >= 0.6 is 0 Å². The van der Waals surface area contributed by atoms with Crippen LogP contribution in [0, 0.1) is 0 Å². The van der Waals surface area contributed by atoms with E-state index in [1.54, 1.807) is 20.8 Å². The molecule has 1 saturated heterocycles. The van der Waals surface area contributed by atoms with Crippen LogP contribution in [0.15, 0.2) is 0 Å². The largest absolute Gasteiger partial charge is 0.444 e. The number of nitrogens with zero attached hydrogens (tertiary/aromatic N) is 2. The fourth-order valence-electron chi connectivity index (χ4n) is 1.57. The minimum absolute atomic E-state index is 0.114. The molecule has 5 nitrogen and oxygen atoms in total. The first-order valence-corrected chi connectivity index (χ1v) is 5.75. The van der Waals surface area contributed by atoms with Gasteiger partial charge >= 0.3 is 12.5 Å². The molecule has 1 heterocycles. The molecule has 0 radical (unpaired) electrons. The Morgan fingerprint density at radius 1 is 1.06 bits per heavy atom. The van der Waals surface area contributed by atoms with Gasteiger partial charge in [0.2, 0.25) is 0 Å². The number of rotatable bonds is 1. The van der Waals surface area contributed by atoms with Crippen LogP contribution in [0.2, 0.25) is 0 Å². The highest BCUT2D eigenvalue weighted by Gasteiger charge is 2.30. The Kier molecular flexibility index (Phi) is 4.48. The molecule has 0 N–H and O–H groups in total. The van der Waals surface area contributed by atoms with Gasteiger partial charge in [0.1, 0.15) is 5.60 Å². The summed E-state index contributed by atoms with van der Waals surface area (Å²) in [6, 6.07) is 0. The van der Waals surface area contributed by atoms with E-state index in [1.165, 1.54) is 4.90 Å². The summed E-state index contributed by atoms with van der Waals surface area (Å²) in [6.07, 6.45) is -3.47. The molecule has 0 aromatic rings. The maximum Gasteiger partial charge on any atom is 0.410 e. The molecular weight excluding hydrogens is 246 g/mol. The number of carbonyl (C=O) groups excluding carboxylic acids is 2. The highest BCUT2D eigenvalue weighted by molar-refractivity contribution is 5.79. The normalized spacial score (nSPS) is 17.0. The number of piperazine rings is 1. The second-order valence-electron chi connectivity index (χ2n) is 5.09. The third-order valence-corrected chi connectivity index (χ3v) is 2.43. The number of carbonyl (C=O) groups is 2. The zero-order valence-electron chi connectivity index (χ0n) is 10.8. The molecule has 2 amide bonds.